The molecule has 0 spiro atoms. The summed E-state index contributed by atoms with van der Waals surface area (Å²) in [6.07, 6.45) is -0.802. The summed E-state index contributed by atoms with van der Waals surface area (Å²) in [5, 5.41) is 3.07. The van der Waals surface area contributed by atoms with Crippen LogP contribution in [-0.4, -0.2) is 37.7 Å². The number of carbonyl (C=O) groups is 3. The van der Waals surface area contributed by atoms with Crippen LogP contribution in [0.3, 0.4) is 0 Å². The predicted octanol–water partition coefficient (Wildman–Crippen LogP) is 3.84. The predicted molar refractivity (Wildman–Crippen MR) is 124 cm³/mol. The molecule has 0 bridgehead atoms. The molecule has 3 aromatic rings. The van der Waals surface area contributed by atoms with Crippen LogP contribution in [-0.2, 0) is 20.9 Å². The van der Waals surface area contributed by atoms with Crippen LogP contribution in [0.5, 0.6) is 11.5 Å². The zero-order valence-corrected chi connectivity index (χ0v) is 19.0. The first kappa shape index (κ1) is 23.8. The van der Waals surface area contributed by atoms with Gasteiger partial charge >= 0.3 is 17.7 Å². The van der Waals surface area contributed by atoms with Crippen molar-refractivity contribution < 1.29 is 37.7 Å². The van der Waals surface area contributed by atoms with Crippen LogP contribution in [0.15, 0.2) is 51.7 Å². The second-order valence-electron chi connectivity index (χ2n) is 7.59. The van der Waals surface area contributed by atoms with Gasteiger partial charge in [-0.25, -0.2) is 9.59 Å². The molecule has 0 fully saturated rings. The van der Waals surface area contributed by atoms with Crippen LogP contribution >= 0.6 is 0 Å². The number of benzene rings is 2. The highest BCUT2D eigenvalue weighted by Gasteiger charge is 2.17. The van der Waals surface area contributed by atoms with Gasteiger partial charge in [0, 0.05) is 40.8 Å². The highest BCUT2D eigenvalue weighted by molar-refractivity contribution is 5.98. The molecule has 10 nitrogen and oxygen atoms in total. The Kier molecular flexibility index (Phi) is 7.30. The highest BCUT2D eigenvalue weighted by atomic mass is 16.6. The van der Waals surface area contributed by atoms with Crippen molar-refractivity contribution in [2.75, 3.05) is 25.1 Å². The fraction of sp³-hybridized carbons (Fsp3) is 0.280. The summed E-state index contributed by atoms with van der Waals surface area (Å²) in [5.74, 6) is 0.264. The molecule has 1 N–H and O–H groups in total. The van der Waals surface area contributed by atoms with Gasteiger partial charge in [-0.15, -0.1) is 0 Å². The lowest BCUT2D eigenvalue weighted by Crippen LogP contribution is -2.16. The number of anilines is 1. The molecule has 1 amide bonds. The Labute approximate surface area is 199 Å². The number of hydrogen-bond donors (Lipinski definition) is 1. The maximum atomic E-state index is 12.5. The van der Waals surface area contributed by atoms with Crippen molar-refractivity contribution in [1.82, 2.24) is 0 Å². The topological polar surface area (TPSA) is 130 Å². The van der Waals surface area contributed by atoms with Crippen LogP contribution in [0.25, 0.3) is 11.0 Å². The minimum atomic E-state index is -0.634. The molecule has 1 aliphatic rings. The number of carbonyl (C=O) groups excluding carboxylic acids is 3. The molecule has 0 radical (unpaired) electrons. The maximum Gasteiger partial charge on any atom is 0.411 e. The summed E-state index contributed by atoms with van der Waals surface area (Å²) in [5.41, 5.74) is 0.814. The molecular weight excluding hydrogens is 458 g/mol. The molecule has 2 heterocycles. The second kappa shape index (κ2) is 10.7. The van der Waals surface area contributed by atoms with Gasteiger partial charge in [-0.1, -0.05) is 0 Å². The van der Waals surface area contributed by atoms with E-state index in [0.29, 0.717) is 46.9 Å². The number of fused-ring (bicyclic) bond motifs is 2. The van der Waals surface area contributed by atoms with Crippen molar-refractivity contribution in [3.63, 3.8) is 0 Å². The normalized spacial score (nSPS) is 12.1. The van der Waals surface area contributed by atoms with E-state index in [1.54, 1.807) is 37.3 Å². The van der Waals surface area contributed by atoms with Gasteiger partial charge in [-0.05, 0) is 37.3 Å². The number of amides is 1. The molecule has 2 aromatic carbocycles. The van der Waals surface area contributed by atoms with Gasteiger partial charge < -0.3 is 23.4 Å². The smallest absolute Gasteiger partial charge is 0.411 e. The number of nitrogens with one attached hydrogen (secondary N) is 1. The van der Waals surface area contributed by atoms with E-state index in [0.717, 1.165) is 0 Å². The lowest BCUT2D eigenvalue weighted by atomic mass is 10.1. The Morgan fingerprint density at radius 2 is 1.74 bits per heavy atom. The van der Waals surface area contributed by atoms with Crippen LogP contribution in [0.1, 0.15) is 35.7 Å². The average molecular weight is 481 g/mol. The molecule has 0 saturated heterocycles. The largest absolute Gasteiger partial charge is 0.486 e. The van der Waals surface area contributed by atoms with E-state index in [-0.39, 0.29) is 37.4 Å². The summed E-state index contributed by atoms with van der Waals surface area (Å²) in [7, 11) is 0. The minimum absolute atomic E-state index is 0.0426. The fourth-order valence-corrected chi connectivity index (χ4v) is 3.52. The summed E-state index contributed by atoms with van der Waals surface area (Å²) in [4.78, 5) is 48.3. The Morgan fingerprint density at radius 1 is 0.943 bits per heavy atom. The minimum Gasteiger partial charge on any atom is -0.486 e. The molecule has 4 rings (SSSR count). The summed E-state index contributed by atoms with van der Waals surface area (Å²) in [6.45, 7) is 2.58. The summed E-state index contributed by atoms with van der Waals surface area (Å²) in [6, 6.07) is 10.8. The molecule has 0 saturated carbocycles. The SMILES string of the molecule is CCOC(=O)Nc1ccc2c(COC(=O)CCC(=O)c3ccc4c(c3)OCCO4)cc(=O)oc2c1. The Balaban J connectivity index is 1.36. The van der Waals surface area contributed by atoms with E-state index in [2.05, 4.69) is 5.32 Å². The Hall–Kier alpha value is -4.34. The number of Topliss-reactive ketones (excluding diaryl/α,β-unsaturated/α-hetero) is 1. The first-order chi connectivity index (χ1) is 16.9. The third kappa shape index (κ3) is 5.97. The summed E-state index contributed by atoms with van der Waals surface area (Å²) < 4.78 is 26.2. The van der Waals surface area contributed by atoms with E-state index in [4.69, 9.17) is 23.4 Å². The molecule has 0 unspecified atom stereocenters. The van der Waals surface area contributed by atoms with E-state index >= 15 is 0 Å². The molecule has 1 aliphatic heterocycles. The number of ether oxygens (including phenoxy) is 4. The quantitative estimate of drug-likeness (QED) is 0.290. The number of hydrogen-bond acceptors (Lipinski definition) is 9. The van der Waals surface area contributed by atoms with Crippen molar-refractivity contribution in [2.45, 2.75) is 26.4 Å². The molecular formula is C25H23NO9. The van der Waals surface area contributed by atoms with Gasteiger partial charge in [-0.3, -0.25) is 14.9 Å². The standard InChI is InChI=1S/C25H23NO9/c1-2-31-25(30)26-17-4-5-18-16(12-24(29)35-21(18)13-17)14-34-23(28)8-6-19(27)15-3-7-20-22(11-15)33-10-9-32-20/h3-5,7,11-13H,2,6,8-10,14H2,1H3,(H,26,30). The van der Waals surface area contributed by atoms with Crippen molar-refractivity contribution >= 4 is 34.5 Å². The van der Waals surface area contributed by atoms with Crippen LogP contribution < -0.4 is 20.4 Å². The van der Waals surface area contributed by atoms with Crippen molar-refractivity contribution in [3.8, 4) is 11.5 Å². The Morgan fingerprint density at radius 3 is 2.54 bits per heavy atom. The molecule has 1 aromatic heterocycles. The van der Waals surface area contributed by atoms with Gasteiger partial charge in [0.2, 0.25) is 0 Å². The maximum absolute atomic E-state index is 12.5. The Bertz CT molecular complexity index is 1330. The van der Waals surface area contributed by atoms with E-state index in [1.165, 1.54) is 12.1 Å². The third-order valence-electron chi connectivity index (χ3n) is 5.16. The molecule has 182 valence electrons. The van der Waals surface area contributed by atoms with Gasteiger partial charge in [0.1, 0.15) is 25.4 Å². The van der Waals surface area contributed by atoms with E-state index < -0.39 is 17.7 Å². The van der Waals surface area contributed by atoms with Crippen LogP contribution in [0.4, 0.5) is 10.5 Å². The van der Waals surface area contributed by atoms with Gasteiger partial charge in [0.15, 0.2) is 17.3 Å². The van der Waals surface area contributed by atoms with E-state index in [1.807, 2.05) is 0 Å². The lowest BCUT2D eigenvalue weighted by molar-refractivity contribution is -0.144. The molecule has 35 heavy (non-hydrogen) atoms. The van der Waals surface area contributed by atoms with Crippen LogP contribution in [0, 0.1) is 0 Å². The van der Waals surface area contributed by atoms with Gasteiger partial charge in [0.25, 0.3) is 0 Å². The lowest BCUT2D eigenvalue weighted by Gasteiger charge is -2.18. The zero-order valence-electron chi connectivity index (χ0n) is 19.0. The van der Waals surface area contributed by atoms with Crippen molar-refractivity contribution in [3.05, 3.63) is 64.0 Å². The number of ketones is 1. The van der Waals surface area contributed by atoms with Crippen molar-refractivity contribution in [2.24, 2.45) is 0 Å². The highest BCUT2D eigenvalue weighted by Crippen LogP contribution is 2.31. The molecule has 0 atom stereocenters. The number of esters is 1. The molecule has 10 heteroatoms. The van der Waals surface area contributed by atoms with Gasteiger partial charge in [-0.2, -0.15) is 0 Å². The van der Waals surface area contributed by atoms with Gasteiger partial charge in [0.05, 0.1) is 13.0 Å². The van der Waals surface area contributed by atoms with Crippen molar-refractivity contribution in [1.29, 1.82) is 0 Å². The zero-order chi connectivity index (χ0) is 24.8. The first-order valence-electron chi connectivity index (χ1n) is 11.0. The second-order valence-corrected chi connectivity index (χ2v) is 7.59. The van der Waals surface area contributed by atoms with Crippen LogP contribution in [0.2, 0.25) is 0 Å². The monoisotopic (exact) mass is 481 g/mol. The first-order valence-corrected chi connectivity index (χ1v) is 11.0. The average Bonchev–Trinajstić information content (AvgIpc) is 2.85. The number of rotatable bonds is 8. The fourth-order valence-electron chi connectivity index (χ4n) is 3.52. The third-order valence-corrected chi connectivity index (χ3v) is 5.16. The van der Waals surface area contributed by atoms with E-state index in [9.17, 15) is 19.2 Å². The summed E-state index contributed by atoms with van der Waals surface area (Å²) >= 11 is 0. The molecule has 0 aliphatic carbocycles.